The molecule has 0 fully saturated rings. The summed E-state index contributed by atoms with van der Waals surface area (Å²) in [5, 5.41) is 9.60. The summed E-state index contributed by atoms with van der Waals surface area (Å²) >= 11 is 0. The van der Waals surface area contributed by atoms with Crippen LogP contribution in [0, 0.1) is 11.3 Å². The number of hydrogen-bond acceptors (Lipinski definition) is 6. The summed E-state index contributed by atoms with van der Waals surface area (Å²) in [6, 6.07) is 0. The molecule has 0 rings (SSSR count). The highest BCUT2D eigenvalue weighted by molar-refractivity contribution is 5.69. The zero-order chi connectivity index (χ0) is 37.0. The number of carbonyl (C=O) groups is 2. The van der Waals surface area contributed by atoms with E-state index in [9.17, 15) is 14.7 Å². The van der Waals surface area contributed by atoms with Crippen LogP contribution in [0.15, 0.2) is 0 Å². The number of aliphatic hydroxyl groups excluding tert-OH is 1. The van der Waals surface area contributed by atoms with Crippen molar-refractivity contribution in [3.8, 4) is 0 Å². The summed E-state index contributed by atoms with van der Waals surface area (Å²) in [6.45, 7) is 15.6. The van der Waals surface area contributed by atoms with Crippen molar-refractivity contribution >= 4 is 11.9 Å². The molecule has 0 saturated carbocycles. The lowest BCUT2D eigenvalue weighted by Crippen LogP contribution is -2.30. The van der Waals surface area contributed by atoms with Crippen molar-refractivity contribution in [3.05, 3.63) is 0 Å². The first-order valence-corrected chi connectivity index (χ1v) is 21.9. The lowest BCUT2D eigenvalue weighted by molar-refractivity contribution is -0.145. The van der Waals surface area contributed by atoms with Crippen LogP contribution in [0.1, 0.15) is 221 Å². The zero-order valence-corrected chi connectivity index (χ0v) is 34.4. The Labute approximate surface area is 312 Å². The van der Waals surface area contributed by atoms with Crippen molar-refractivity contribution in [2.24, 2.45) is 11.3 Å². The molecule has 0 saturated heterocycles. The van der Waals surface area contributed by atoms with E-state index in [1.54, 1.807) is 0 Å². The predicted octanol–water partition coefficient (Wildman–Crippen LogP) is 12.4. The van der Waals surface area contributed by atoms with E-state index in [-0.39, 0.29) is 24.0 Å². The molecule has 298 valence electrons. The average molecular weight is 710 g/mol. The second-order valence-corrected chi connectivity index (χ2v) is 16.1. The van der Waals surface area contributed by atoms with Crippen LogP contribution in [0.5, 0.6) is 0 Å². The zero-order valence-electron chi connectivity index (χ0n) is 34.4. The van der Waals surface area contributed by atoms with E-state index < -0.39 is 0 Å². The normalized spacial score (nSPS) is 11.9. The third kappa shape index (κ3) is 34.0. The van der Waals surface area contributed by atoms with Crippen LogP contribution < -0.4 is 0 Å². The van der Waals surface area contributed by atoms with Crippen LogP contribution in [0.2, 0.25) is 0 Å². The van der Waals surface area contributed by atoms with Crippen LogP contribution >= 0.6 is 0 Å². The Morgan fingerprint density at radius 2 is 0.980 bits per heavy atom. The number of aliphatic hydroxyl groups is 1. The molecule has 0 heterocycles. The van der Waals surface area contributed by atoms with Gasteiger partial charge in [0.25, 0.3) is 0 Å². The first kappa shape index (κ1) is 48.9. The number of carbonyl (C=O) groups excluding carboxylic acids is 2. The van der Waals surface area contributed by atoms with Gasteiger partial charge >= 0.3 is 11.9 Å². The van der Waals surface area contributed by atoms with Gasteiger partial charge in [-0.15, -0.1) is 0 Å². The molecule has 0 unspecified atom stereocenters. The van der Waals surface area contributed by atoms with Crippen molar-refractivity contribution in [2.45, 2.75) is 221 Å². The van der Waals surface area contributed by atoms with E-state index >= 15 is 0 Å². The SMILES string of the molecule is CCCCCCCCCC(=O)OCCCC(C)(C)CCCN(CCO)CCCCCCCCC(=O)OCC(CCCCCC)CCCCCC. The summed E-state index contributed by atoms with van der Waals surface area (Å²) in [7, 11) is 0. The second kappa shape index (κ2) is 36.2. The van der Waals surface area contributed by atoms with E-state index in [4.69, 9.17) is 9.47 Å². The molecule has 0 radical (unpaired) electrons. The molecule has 0 aromatic rings. The van der Waals surface area contributed by atoms with Gasteiger partial charge in [-0.3, -0.25) is 9.59 Å². The van der Waals surface area contributed by atoms with E-state index in [1.807, 2.05) is 0 Å². The number of hydrogen-bond donors (Lipinski definition) is 1. The molecule has 6 heteroatoms. The van der Waals surface area contributed by atoms with Gasteiger partial charge in [-0.2, -0.15) is 0 Å². The highest BCUT2D eigenvalue weighted by Gasteiger charge is 2.18. The van der Waals surface area contributed by atoms with Gasteiger partial charge in [0.2, 0.25) is 0 Å². The number of esters is 2. The first-order chi connectivity index (χ1) is 24.3. The van der Waals surface area contributed by atoms with Crippen LogP contribution in [-0.2, 0) is 19.1 Å². The monoisotopic (exact) mass is 710 g/mol. The minimum absolute atomic E-state index is 0.00235. The number of rotatable bonds is 39. The van der Waals surface area contributed by atoms with Crippen LogP contribution in [0.25, 0.3) is 0 Å². The molecule has 6 nitrogen and oxygen atoms in total. The van der Waals surface area contributed by atoms with Gasteiger partial charge in [0.15, 0.2) is 0 Å². The Kier molecular flexibility index (Phi) is 35.4. The average Bonchev–Trinajstić information content (AvgIpc) is 3.09. The van der Waals surface area contributed by atoms with E-state index in [0.29, 0.717) is 32.0 Å². The molecule has 0 aromatic heterocycles. The maximum absolute atomic E-state index is 12.4. The molecule has 0 aromatic carbocycles. The molecule has 0 aliphatic rings. The quantitative estimate of drug-likeness (QED) is 0.0506. The second-order valence-electron chi connectivity index (χ2n) is 16.1. The van der Waals surface area contributed by atoms with Gasteiger partial charge in [0, 0.05) is 19.4 Å². The Hall–Kier alpha value is -1.14. The Bertz CT molecular complexity index is 730. The van der Waals surface area contributed by atoms with Crippen molar-refractivity contribution < 1.29 is 24.2 Å². The lowest BCUT2D eigenvalue weighted by Gasteiger charge is -2.27. The smallest absolute Gasteiger partial charge is 0.305 e. The van der Waals surface area contributed by atoms with E-state index in [2.05, 4.69) is 39.5 Å². The Morgan fingerprint density at radius 3 is 1.52 bits per heavy atom. The molecule has 1 N–H and O–H groups in total. The van der Waals surface area contributed by atoms with Gasteiger partial charge < -0.3 is 19.5 Å². The Morgan fingerprint density at radius 1 is 0.540 bits per heavy atom. The van der Waals surface area contributed by atoms with Crippen LogP contribution in [0.3, 0.4) is 0 Å². The molecular weight excluding hydrogens is 622 g/mol. The van der Waals surface area contributed by atoms with Crippen molar-refractivity contribution in [2.75, 3.05) is 39.5 Å². The molecular formula is C44H87NO5. The first-order valence-electron chi connectivity index (χ1n) is 21.9. The van der Waals surface area contributed by atoms with Crippen LogP contribution in [0.4, 0.5) is 0 Å². The summed E-state index contributed by atoms with van der Waals surface area (Å²) in [5.74, 6) is 0.505. The third-order valence-corrected chi connectivity index (χ3v) is 10.5. The Balaban J connectivity index is 3.98. The van der Waals surface area contributed by atoms with Gasteiger partial charge in [0.05, 0.1) is 19.8 Å². The lowest BCUT2D eigenvalue weighted by atomic mass is 9.83. The third-order valence-electron chi connectivity index (χ3n) is 10.5. The number of unbranched alkanes of at least 4 members (excludes halogenated alkanes) is 17. The molecule has 50 heavy (non-hydrogen) atoms. The molecule has 0 aliphatic heterocycles. The topological polar surface area (TPSA) is 76.1 Å². The van der Waals surface area contributed by atoms with Gasteiger partial charge in [-0.1, -0.05) is 150 Å². The number of nitrogens with zero attached hydrogens (tertiary/aromatic N) is 1. The fourth-order valence-electron chi connectivity index (χ4n) is 7.04. The number of ether oxygens (including phenoxy) is 2. The largest absolute Gasteiger partial charge is 0.466 e. The minimum Gasteiger partial charge on any atom is -0.466 e. The summed E-state index contributed by atoms with van der Waals surface area (Å²) in [5.41, 5.74) is 0.229. The molecule has 0 atom stereocenters. The maximum atomic E-state index is 12.4. The molecule has 0 aliphatic carbocycles. The van der Waals surface area contributed by atoms with Gasteiger partial charge in [-0.25, -0.2) is 0 Å². The van der Waals surface area contributed by atoms with Crippen molar-refractivity contribution in [3.63, 3.8) is 0 Å². The summed E-state index contributed by atoms with van der Waals surface area (Å²) in [6.07, 6.45) is 33.4. The summed E-state index contributed by atoms with van der Waals surface area (Å²) in [4.78, 5) is 26.9. The maximum Gasteiger partial charge on any atom is 0.305 e. The molecule has 0 bridgehead atoms. The fraction of sp³-hybridized carbons (Fsp3) is 0.955. The minimum atomic E-state index is -0.0313. The van der Waals surface area contributed by atoms with E-state index in [0.717, 1.165) is 77.4 Å². The van der Waals surface area contributed by atoms with Crippen molar-refractivity contribution in [1.29, 1.82) is 0 Å². The van der Waals surface area contributed by atoms with Crippen molar-refractivity contribution in [1.82, 2.24) is 4.90 Å². The van der Waals surface area contributed by atoms with Gasteiger partial charge in [0.1, 0.15) is 0 Å². The summed E-state index contributed by atoms with van der Waals surface area (Å²) < 4.78 is 11.3. The standard InChI is InChI=1S/C44H87NO5/c1-6-9-12-15-16-19-24-31-42(47)49-39-28-34-44(4,5)33-27-36-45(37-38-46)35-26-21-18-17-20-25-32-43(48)50-40-41(29-22-13-10-7-2)30-23-14-11-8-3/h41,46H,6-40H2,1-5H3. The molecule has 0 spiro atoms. The van der Waals surface area contributed by atoms with Gasteiger partial charge in [-0.05, 0) is 82.2 Å². The highest BCUT2D eigenvalue weighted by atomic mass is 16.5. The highest BCUT2D eigenvalue weighted by Crippen LogP contribution is 2.28. The van der Waals surface area contributed by atoms with Crippen LogP contribution in [-0.4, -0.2) is 61.4 Å². The fourth-order valence-corrected chi connectivity index (χ4v) is 7.04. The predicted molar refractivity (Wildman–Crippen MR) is 214 cm³/mol. The van der Waals surface area contributed by atoms with E-state index in [1.165, 1.54) is 116 Å². The molecule has 0 amide bonds.